The third-order valence-electron chi connectivity index (χ3n) is 2.25. The summed E-state index contributed by atoms with van der Waals surface area (Å²) in [7, 11) is 0. The van der Waals surface area contributed by atoms with E-state index >= 15 is 0 Å². The molecule has 0 bridgehead atoms. The molecule has 3 heteroatoms. The predicted octanol–water partition coefficient (Wildman–Crippen LogP) is 1.81. The zero-order chi connectivity index (χ0) is 11.3. The van der Waals surface area contributed by atoms with Gasteiger partial charge >= 0.3 is 5.97 Å². The minimum Gasteiger partial charge on any atom is -0.466 e. The molecule has 0 aliphatic heterocycles. The standard InChI is InChI=1S/C12H17NO2/c1-3-15-11(14)9-12(2,13)10-7-5-4-6-8-10/h4-8H,3,9,13H2,1-2H3/t12-/m0/s1. The maximum Gasteiger partial charge on any atom is 0.307 e. The molecule has 0 aliphatic rings. The van der Waals surface area contributed by atoms with Crippen LogP contribution in [0.15, 0.2) is 30.3 Å². The first-order valence-corrected chi connectivity index (χ1v) is 5.06. The van der Waals surface area contributed by atoms with Crippen LogP contribution in [0.3, 0.4) is 0 Å². The van der Waals surface area contributed by atoms with Gasteiger partial charge in [-0.15, -0.1) is 0 Å². The molecule has 3 nitrogen and oxygen atoms in total. The fourth-order valence-corrected chi connectivity index (χ4v) is 1.43. The molecule has 0 amide bonds. The van der Waals surface area contributed by atoms with Crippen molar-refractivity contribution in [2.75, 3.05) is 6.61 Å². The van der Waals surface area contributed by atoms with E-state index in [1.54, 1.807) is 6.92 Å². The summed E-state index contributed by atoms with van der Waals surface area (Å²) in [4.78, 5) is 11.3. The summed E-state index contributed by atoms with van der Waals surface area (Å²) in [5.74, 6) is -0.258. The molecule has 0 heterocycles. The molecule has 0 aromatic heterocycles. The van der Waals surface area contributed by atoms with Crippen LogP contribution in [-0.4, -0.2) is 12.6 Å². The van der Waals surface area contributed by atoms with Gasteiger partial charge in [0.25, 0.3) is 0 Å². The summed E-state index contributed by atoms with van der Waals surface area (Å²) in [5, 5.41) is 0. The Kier molecular flexibility index (Phi) is 3.86. The third-order valence-corrected chi connectivity index (χ3v) is 2.25. The fourth-order valence-electron chi connectivity index (χ4n) is 1.43. The molecule has 1 rings (SSSR count). The minimum absolute atomic E-state index is 0.199. The van der Waals surface area contributed by atoms with Gasteiger partial charge in [0, 0.05) is 5.54 Å². The molecule has 82 valence electrons. The lowest BCUT2D eigenvalue weighted by molar-refractivity contribution is -0.144. The van der Waals surface area contributed by atoms with Gasteiger partial charge in [-0.1, -0.05) is 30.3 Å². The minimum atomic E-state index is -0.659. The molecular formula is C12H17NO2. The van der Waals surface area contributed by atoms with Gasteiger partial charge < -0.3 is 10.5 Å². The average molecular weight is 207 g/mol. The van der Waals surface area contributed by atoms with E-state index in [9.17, 15) is 4.79 Å². The topological polar surface area (TPSA) is 52.3 Å². The number of rotatable bonds is 4. The Bertz CT molecular complexity index is 320. The quantitative estimate of drug-likeness (QED) is 0.766. The highest BCUT2D eigenvalue weighted by molar-refractivity contribution is 5.71. The number of hydrogen-bond acceptors (Lipinski definition) is 3. The van der Waals surface area contributed by atoms with Gasteiger partial charge in [-0.05, 0) is 19.4 Å². The molecule has 0 saturated heterocycles. The Morgan fingerprint density at radius 3 is 2.53 bits per heavy atom. The number of carbonyl (C=O) groups excluding carboxylic acids is 1. The number of ether oxygens (including phenoxy) is 1. The van der Waals surface area contributed by atoms with Crippen molar-refractivity contribution in [3.63, 3.8) is 0 Å². The summed E-state index contributed by atoms with van der Waals surface area (Å²) in [5.41, 5.74) is 6.35. The van der Waals surface area contributed by atoms with Gasteiger partial charge in [0.2, 0.25) is 0 Å². The number of nitrogens with two attached hydrogens (primary N) is 1. The van der Waals surface area contributed by atoms with E-state index < -0.39 is 5.54 Å². The van der Waals surface area contributed by atoms with Crippen molar-refractivity contribution in [2.45, 2.75) is 25.8 Å². The molecule has 0 unspecified atom stereocenters. The highest BCUT2D eigenvalue weighted by Crippen LogP contribution is 2.21. The average Bonchev–Trinajstić information content (AvgIpc) is 2.18. The van der Waals surface area contributed by atoms with Crippen molar-refractivity contribution >= 4 is 5.97 Å². The largest absolute Gasteiger partial charge is 0.466 e. The number of hydrogen-bond donors (Lipinski definition) is 1. The molecule has 1 atom stereocenters. The second-order valence-corrected chi connectivity index (χ2v) is 3.77. The van der Waals surface area contributed by atoms with Crippen molar-refractivity contribution in [3.05, 3.63) is 35.9 Å². The summed E-state index contributed by atoms with van der Waals surface area (Å²) in [6.45, 7) is 4.01. The summed E-state index contributed by atoms with van der Waals surface area (Å²) in [6, 6.07) is 9.57. The predicted molar refractivity (Wildman–Crippen MR) is 59.2 cm³/mol. The third kappa shape index (κ3) is 3.36. The van der Waals surface area contributed by atoms with Crippen LogP contribution in [0.2, 0.25) is 0 Å². The summed E-state index contributed by atoms with van der Waals surface area (Å²) >= 11 is 0. The van der Waals surface area contributed by atoms with E-state index in [1.165, 1.54) is 0 Å². The Morgan fingerprint density at radius 2 is 2.00 bits per heavy atom. The summed E-state index contributed by atoms with van der Waals surface area (Å²) < 4.78 is 4.88. The molecule has 1 aromatic rings. The zero-order valence-corrected chi connectivity index (χ0v) is 9.19. The number of carbonyl (C=O) groups is 1. The molecule has 1 aromatic carbocycles. The van der Waals surface area contributed by atoms with Crippen molar-refractivity contribution in [1.29, 1.82) is 0 Å². The molecule has 0 radical (unpaired) electrons. The highest BCUT2D eigenvalue weighted by Gasteiger charge is 2.25. The van der Waals surface area contributed by atoms with E-state index in [2.05, 4.69) is 0 Å². The lowest BCUT2D eigenvalue weighted by Crippen LogP contribution is -2.36. The molecule has 0 spiro atoms. The second kappa shape index (κ2) is 4.94. The van der Waals surface area contributed by atoms with Gasteiger partial charge in [0.1, 0.15) is 0 Å². The van der Waals surface area contributed by atoms with Gasteiger partial charge in [-0.2, -0.15) is 0 Å². The first kappa shape index (κ1) is 11.7. The lowest BCUT2D eigenvalue weighted by atomic mass is 9.90. The van der Waals surface area contributed by atoms with Crippen LogP contribution in [0.4, 0.5) is 0 Å². The molecule has 2 N–H and O–H groups in total. The van der Waals surface area contributed by atoms with Gasteiger partial charge in [0.05, 0.1) is 13.0 Å². The number of esters is 1. The number of benzene rings is 1. The van der Waals surface area contributed by atoms with E-state index in [1.807, 2.05) is 37.3 Å². The van der Waals surface area contributed by atoms with Crippen molar-refractivity contribution < 1.29 is 9.53 Å². The molecule has 0 saturated carbocycles. The van der Waals surface area contributed by atoms with E-state index in [0.717, 1.165) is 5.56 Å². The molecule has 15 heavy (non-hydrogen) atoms. The van der Waals surface area contributed by atoms with Crippen LogP contribution in [0.5, 0.6) is 0 Å². The fraction of sp³-hybridized carbons (Fsp3) is 0.417. The van der Waals surface area contributed by atoms with Crippen LogP contribution in [-0.2, 0) is 15.1 Å². The van der Waals surface area contributed by atoms with Crippen LogP contribution < -0.4 is 5.73 Å². The SMILES string of the molecule is CCOC(=O)C[C@](C)(N)c1ccccc1. The Hall–Kier alpha value is -1.35. The lowest BCUT2D eigenvalue weighted by Gasteiger charge is -2.23. The highest BCUT2D eigenvalue weighted by atomic mass is 16.5. The monoisotopic (exact) mass is 207 g/mol. The zero-order valence-electron chi connectivity index (χ0n) is 9.19. The first-order chi connectivity index (χ1) is 7.06. The van der Waals surface area contributed by atoms with Gasteiger partial charge in [-0.25, -0.2) is 0 Å². The van der Waals surface area contributed by atoms with E-state index in [4.69, 9.17) is 10.5 Å². The van der Waals surface area contributed by atoms with Crippen LogP contribution >= 0.6 is 0 Å². The smallest absolute Gasteiger partial charge is 0.307 e. The summed E-state index contributed by atoms with van der Waals surface area (Å²) in [6.07, 6.45) is 0.199. The first-order valence-electron chi connectivity index (χ1n) is 5.06. The Morgan fingerprint density at radius 1 is 1.40 bits per heavy atom. The van der Waals surface area contributed by atoms with Crippen LogP contribution in [0, 0.1) is 0 Å². The van der Waals surface area contributed by atoms with E-state index in [0.29, 0.717) is 6.61 Å². The van der Waals surface area contributed by atoms with Crippen molar-refractivity contribution in [2.24, 2.45) is 5.73 Å². The maximum absolute atomic E-state index is 11.3. The van der Waals surface area contributed by atoms with Crippen LogP contribution in [0.25, 0.3) is 0 Å². The molecule has 0 fully saturated rings. The van der Waals surface area contributed by atoms with E-state index in [-0.39, 0.29) is 12.4 Å². The molecular weight excluding hydrogens is 190 g/mol. The van der Waals surface area contributed by atoms with Crippen LogP contribution in [0.1, 0.15) is 25.8 Å². The second-order valence-electron chi connectivity index (χ2n) is 3.77. The van der Waals surface area contributed by atoms with Crippen molar-refractivity contribution in [3.8, 4) is 0 Å². The van der Waals surface area contributed by atoms with Gasteiger partial charge in [0.15, 0.2) is 0 Å². The Labute approximate surface area is 90.2 Å². The van der Waals surface area contributed by atoms with Gasteiger partial charge in [-0.3, -0.25) is 4.79 Å². The maximum atomic E-state index is 11.3. The normalized spacial score (nSPS) is 14.3. The Balaban J connectivity index is 2.71. The van der Waals surface area contributed by atoms with Crippen molar-refractivity contribution in [1.82, 2.24) is 0 Å². The molecule has 0 aliphatic carbocycles.